The topological polar surface area (TPSA) is 77.3 Å². The standard InChI is InChI=1S/C43H28N6/c1-5-13-28(14-6-1)38-44-39(29-15-7-2-8-16-29)47-42(46-38)32-21-23-36-34(25-32)27-35-26-33(22-24-37(35)36)43-48-40(30-17-9-3-10-18-30)45-41(49-43)31-19-11-4-12-20-31/h1-26H,27H2. The van der Waals surface area contributed by atoms with Gasteiger partial charge in [-0.15, -0.1) is 0 Å². The van der Waals surface area contributed by atoms with Crippen LogP contribution < -0.4 is 0 Å². The van der Waals surface area contributed by atoms with Crippen LogP contribution >= 0.6 is 0 Å². The predicted molar refractivity (Wildman–Crippen MR) is 194 cm³/mol. The highest BCUT2D eigenvalue weighted by Gasteiger charge is 2.22. The number of fused-ring (bicyclic) bond motifs is 3. The SMILES string of the molecule is c1ccc(-c2nc(-c3ccccc3)nc(-c3ccc4c(c3)Cc3cc(-c5nc(-c6ccccc6)nc(-c6ccccc6)n5)ccc3-4)n2)cc1. The third-order valence-electron chi connectivity index (χ3n) is 8.80. The summed E-state index contributed by atoms with van der Waals surface area (Å²) in [5.74, 6) is 3.92. The average Bonchev–Trinajstić information content (AvgIpc) is 3.56. The molecule has 0 spiro atoms. The van der Waals surface area contributed by atoms with E-state index in [1.54, 1.807) is 0 Å². The maximum absolute atomic E-state index is 4.95. The molecule has 0 fully saturated rings. The highest BCUT2D eigenvalue weighted by molar-refractivity contribution is 5.82. The molecule has 8 aromatic rings. The van der Waals surface area contributed by atoms with Gasteiger partial charge >= 0.3 is 0 Å². The predicted octanol–water partition coefficient (Wildman–Crippen LogP) is 9.63. The van der Waals surface area contributed by atoms with Gasteiger partial charge in [-0.1, -0.05) is 146 Å². The summed E-state index contributed by atoms with van der Waals surface area (Å²) in [6.07, 6.45) is 0.788. The van der Waals surface area contributed by atoms with Crippen molar-refractivity contribution in [1.29, 1.82) is 0 Å². The molecule has 0 saturated carbocycles. The van der Waals surface area contributed by atoms with E-state index in [9.17, 15) is 0 Å². The van der Waals surface area contributed by atoms with Crippen molar-refractivity contribution in [3.63, 3.8) is 0 Å². The van der Waals surface area contributed by atoms with Gasteiger partial charge in [0.05, 0.1) is 0 Å². The molecular formula is C43H28N6. The van der Waals surface area contributed by atoms with E-state index in [1.807, 2.05) is 121 Å². The van der Waals surface area contributed by atoms with E-state index < -0.39 is 0 Å². The van der Waals surface area contributed by atoms with Gasteiger partial charge in [-0.05, 0) is 40.8 Å². The molecule has 0 bridgehead atoms. The normalized spacial score (nSPS) is 11.6. The van der Waals surface area contributed by atoms with E-state index in [0.717, 1.165) is 39.8 Å². The van der Waals surface area contributed by atoms with Crippen LogP contribution in [0, 0.1) is 0 Å². The molecule has 6 aromatic carbocycles. The van der Waals surface area contributed by atoms with Gasteiger partial charge in [0.25, 0.3) is 0 Å². The Hall–Kier alpha value is -6.66. The van der Waals surface area contributed by atoms with Gasteiger partial charge in [-0.3, -0.25) is 0 Å². The molecule has 0 atom stereocenters. The van der Waals surface area contributed by atoms with Crippen LogP contribution in [0.3, 0.4) is 0 Å². The quantitative estimate of drug-likeness (QED) is 0.182. The molecule has 0 radical (unpaired) electrons. The lowest BCUT2D eigenvalue weighted by atomic mass is 10.0. The average molecular weight is 629 g/mol. The van der Waals surface area contributed by atoms with Crippen LogP contribution in [0.4, 0.5) is 0 Å². The number of aromatic nitrogens is 6. The van der Waals surface area contributed by atoms with Crippen LogP contribution in [0.1, 0.15) is 11.1 Å². The summed E-state index contributed by atoms with van der Waals surface area (Å²) in [5.41, 5.74) is 10.6. The number of nitrogens with zero attached hydrogens (tertiary/aromatic N) is 6. The Morgan fingerprint density at radius 3 is 0.816 bits per heavy atom. The first-order valence-electron chi connectivity index (χ1n) is 16.3. The van der Waals surface area contributed by atoms with Crippen molar-refractivity contribution >= 4 is 0 Å². The molecule has 1 aliphatic carbocycles. The molecule has 6 nitrogen and oxygen atoms in total. The summed E-state index contributed by atoms with van der Waals surface area (Å²) in [5, 5.41) is 0. The van der Waals surface area contributed by atoms with Crippen LogP contribution in [0.15, 0.2) is 158 Å². The van der Waals surface area contributed by atoms with Crippen molar-refractivity contribution in [2.75, 3.05) is 0 Å². The van der Waals surface area contributed by atoms with E-state index in [2.05, 4.69) is 36.4 Å². The smallest absolute Gasteiger partial charge is 0.164 e. The van der Waals surface area contributed by atoms with E-state index in [4.69, 9.17) is 29.9 Å². The van der Waals surface area contributed by atoms with Gasteiger partial charge in [-0.25, -0.2) is 29.9 Å². The lowest BCUT2D eigenvalue weighted by Gasteiger charge is -2.10. The van der Waals surface area contributed by atoms with Crippen molar-refractivity contribution in [1.82, 2.24) is 29.9 Å². The van der Waals surface area contributed by atoms with Crippen LogP contribution in [0.5, 0.6) is 0 Å². The third kappa shape index (κ3) is 5.55. The Labute approximate surface area is 284 Å². The molecule has 0 amide bonds. The zero-order valence-electron chi connectivity index (χ0n) is 26.4. The minimum Gasteiger partial charge on any atom is -0.208 e. The van der Waals surface area contributed by atoms with Crippen molar-refractivity contribution in [3.05, 3.63) is 169 Å². The van der Waals surface area contributed by atoms with E-state index in [-0.39, 0.29) is 0 Å². The van der Waals surface area contributed by atoms with Gasteiger partial charge in [0, 0.05) is 33.4 Å². The molecule has 0 saturated heterocycles. The van der Waals surface area contributed by atoms with Gasteiger partial charge in [0.2, 0.25) is 0 Å². The second kappa shape index (κ2) is 12.2. The minimum absolute atomic E-state index is 0.652. The number of hydrogen-bond acceptors (Lipinski definition) is 6. The van der Waals surface area contributed by atoms with E-state index in [0.29, 0.717) is 34.9 Å². The second-order valence-electron chi connectivity index (χ2n) is 12.0. The maximum Gasteiger partial charge on any atom is 0.164 e. The van der Waals surface area contributed by atoms with Gasteiger partial charge in [0.1, 0.15) is 0 Å². The second-order valence-corrected chi connectivity index (χ2v) is 12.0. The molecule has 230 valence electrons. The molecule has 0 unspecified atom stereocenters. The van der Waals surface area contributed by atoms with E-state index in [1.165, 1.54) is 22.3 Å². The first kappa shape index (κ1) is 28.6. The molecule has 6 heteroatoms. The van der Waals surface area contributed by atoms with Crippen molar-refractivity contribution in [3.8, 4) is 79.5 Å². The van der Waals surface area contributed by atoms with Crippen molar-refractivity contribution < 1.29 is 0 Å². The zero-order valence-corrected chi connectivity index (χ0v) is 26.4. The highest BCUT2D eigenvalue weighted by Crippen LogP contribution is 2.40. The summed E-state index contributed by atoms with van der Waals surface area (Å²) in [6, 6.07) is 53.3. The molecule has 9 rings (SSSR count). The maximum atomic E-state index is 4.95. The Bertz CT molecular complexity index is 2160. The fourth-order valence-electron chi connectivity index (χ4n) is 6.36. The number of benzene rings is 6. The molecule has 0 N–H and O–H groups in total. The Kier molecular flexibility index (Phi) is 7.09. The summed E-state index contributed by atoms with van der Waals surface area (Å²) in [4.78, 5) is 29.5. The summed E-state index contributed by atoms with van der Waals surface area (Å²) < 4.78 is 0. The molecule has 49 heavy (non-hydrogen) atoms. The fraction of sp³-hybridized carbons (Fsp3) is 0.0233. The first-order valence-corrected chi connectivity index (χ1v) is 16.3. The summed E-state index contributed by atoms with van der Waals surface area (Å²) in [6.45, 7) is 0. The Balaban J connectivity index is 1.09. The van der Waals surface area contributed by atoms with Gasteiger partial charge < -0.3 is 0 Å². The monoisotopic (exact) mass is 628 g/mol. The number of rotatable bonds is 6. The van der Waals surface area contributed by atoms with Gasteiger partial charge in [0.15, 0.2) is 34.9 Å². The van der Waals surface area contributed by atoms with E-state index >= 15 is 0 Å². The fourth-order valence-corrected chi connectivity index (χ4v) is 6.36. The largest absolute Gasteiger partial charge is 0.208 e. The van der Waals surface area contributed by atoms with Crippen LogP contribution in [-0.2, 0) is 6.42 Å². The molecule has 0 aliphatic heterocycles. The molecule has 1 aliphatic rings. The van der Waals surface area contributed by atoms with Crippen molar-refractivity contribution in [2.24, 2.45) is 0 Å². The third-order valence-corrected chi connectivity index (χ3v) is 8.80. The molecule has 2 aromatic heterocycles. The molecular weight excluding hydrogens is 601 g/mol. The van der Waals surface area contributed by atoms with Crippen molar-refractivity contribution in [2.45, 2.75) is 6.42 Å². The zero-order chi connectivity index (χ0) is 32.6. The highest BCUT2D eigenvalue weighted by atomic mass is 15.0. The summed E-state index contributed by atoms with van der Waals surface area (Å²) >= 11 is 0. The lowest BCUT2D eigenvalue weighted by molar-refractivity contribution is 1.07. The lowest BCUT2D eigenvalue weighted by Crippen LogP contribution is -2.00. The van der Waals surface area contributed by atoms with Crippen LogP contribution in [-0.4, -0.2) is 29.9 Å². The van der Waals surface area contributed by atoms with Crippen LogP contribution in [0.25, 0.3) is 79.5 Å². The Morgan fingerprint density at radius 2 is 0.531 bits per heavy atom. The first-order chi connectivity index (χ1) is 24.2. The van der Waals surface area contributed by atoms with Gasteiger partial charge in [-0.2, -0.15) is 0 Å². The Morgan fingerprint density at radius 1 is 0.265 bits per heavy atom. The summed E-state index contributed by atoms with van der Waals surface area (Å²) in [7, 11) is 0. The molecule has 2 heterocycles. The number of hydrogen-bond donors (Lipinski definition) is 0. The minimum atomic E-state index is 0.652. The van der Waals surface area contributed by atoms with Crippen LogP contribution in [0.2, 0.25) is 0 Å².